The van der Waals surface area contributed by atoms with E-state index in [1.807, 2.05) is 12.1 Å². The molecule has 3 fully saturated rings. The molecule has 0 heterocycles. The first-order chi connectivity index (χ1) is 10.2. The first kappa shape index (κ1) is 13.4. The summed E-state index contributed by atoms with van der Waals surface area (Å²) in [6.45, 7) is 0. The van der Waals surface area contributed by atoms with Gasteiger partial charge in [-0.3, -0.25) is 5.32 Å². The van der Waals surface area contributed by atoms with Crippen LogP contribution in [0.1, 0.15) is 32.1 Å². The fourth-order valence-electron chi connectivity index (χ4n) is 4.99. The van der Waals surface area contributed by atoms with E-state index in [0.29, 0.717) is 16.6 Å². The standard InChI is InChI=1S/C17H20ClNO2/c18-11-3-1-4-12(9-11)19-17(20)21-16-8-10-7-15(16)14-6-2-5-13(10)14/h1,3-4,9-10,13-16H,2,5-8H2,(H,19,20)/t10-,13-,14+,15+,16-/m0/s1. The van der Waals surface area contributed by atoms with E-state index >= 15 is 0 Å². The largest absolute Gasteiger partial charge is 0.446 e. The highest BCUT2D eigenvalue weighted by atomic mass is 35.5. The molecule has 0 radical (unpaired) electrons. The molecule has 5 atom stereocenters. The fourth-order valence-corrected chi connectivity index (χ4v) is 5.18. The molecule has 21 heavy (non-hydrogen) atoms. The van der Waals surface area contributed by atoms with Crippen molar-refractivity contribution in [2.24, 2.45) is 23.7 Å². The van der Waals surface area contributed by atoms with Crippen LogP contribution >= 0.6 is 11.6 Å². The van der Waals surface area contributed by atoms with Crippen LogP contribution < -0.4 is 5.32 Å². The third kappa shape index (κ3) is 2.42. The maximum atomic E-state index is 12.1. The van der Waals surface area contributed by atoms with Gasteiger partial charge in [0.25, 0.3) is 0 Å². The number of carbonyl (C=O) groups excluding carboxylic acids is 1. The average Bonchev–Trinajstić information content (AvgIpc) is 3.09. The second-order valence-electron chi connectivity index (χ2n) is 6.73. The lowest BCUT2D eigenvalue weighted by Crippen LogP contribution is -2.33. The molecule has 1 N–H and O–H groups in total. The van der Waals surface area contributed by atoms with Gasteiger partial charge in [-0.1, -0.05) is 24.1 Å². The number of carbonyl (C=O) groups is 1. The van der Waals surface area contributed by atoms with Gasteiger partial charge in [0.15, 0.2) is 0 Å². The van der Waals surface area contributed by atoms with Gasteiger partial charge in [0.05, 0.1) is 0 Å². The molecule has 3 saturated carbocycles. The van der Waals surface area contributed by atoms with Crippen molar-refractivity contribution < 1.29 is 9.53 Å². The molecule has 4 rings (SSSR count). The first-order valence-electron chi connectivity index (χ1n) is 7.94. The van der Waals surface area contributed by atoms with Crippen LogP contribution in [-0.4, -0.2) is 12.2 Å². The smallest absolute Gasteiger partial charge is 0.411 e. The summed E-state index contributed by atoms with van der Waals surface area (Å²) in [4.78, 5) is 12.1. The average molecular weight is 306 g/mol. The summed E-state index contributed by atoms with van der Waals surface area (Å²) in [6.07, 6.45) is 6.20. The van der Waals surface area contributed by atoms with Crippen LogP contribution in [0.15, 0.2) is 24.3 Å². The number of ether oxygens (including phenoxy) is 1. The van der Waals surface area contributed by atoms with Gasteiger partial charge >= 0.3 is 6.09 Å². The monoisotopic (exact) mass is 305 g/mol. The molecule has 0 aliphatic heterocycles. The number of hydrogen-bond acceptors (Lipinski definition) is 2. The number of hydrogen-bond donors (Lipinski definition) is 1. The molecule has 1 aromatic rings. The Balaban J connectivity index is 1.37. The van der Waals surface area contributed by atoms with E-state index in [1.54, 1.807) is 12.1 Å². The third-order valence-electron chi connectivity index (χ3n) is 5.70. The Kier molecular flexibility index (Phi) is 3.33. The molecule has 0 aromatic heterocycles. The highest BCUT2D eigenvalue weighted by molar-refractivity contribution is 6.30. The summed E-state index contributed by atoms with van der Waals surface area (Å²) in [5, 5.41) is 3.40. The highest BCUT2D eigenvalue weighted by Gasteiger charge is 2.55. The molecule has 1 aromatic carbocycles. The Morgan fingerprint density at radius 3 is 2.90 bits per heavy atom. The molecule has 0 spiro atoms. The van der Waals surface area contributed by atoms with E-state index in [0.717, 1.165) is 24.2 Å². The van der Waals surface area contributed by atoms with Crippen LogP contribution in [0.3, 0.4) is 0 Å². The van der Waals surface area contributed by atoms with Gasteiger partial charge in [0.1, 0.15) is 6.10 Å². The summed E-state index contributed by atoms with van der Waals surface area (Å²) >= 11 is 5.92. The van der Waals surface area contributed by atoms with E-state index in [1.165, 1.54) is 25.7 Å². The van der Waals surface area contributed by atoms with Gasteiger partial charge in [0.2, 0.25) is 0 Å². The number of anilines is 1. The van der Waals surface area contributed by atoms with E-state index in [-0.39, 0.29) is 12.2 Å². The molecule has 0 unspecified atom stereocenters. The lowest BCUT2D eigenvalue weighted by atomic mass is 9.80. The number of fused-ring (bicyclic) bond motifs is 5. The molecule has 3 aliphatic carbocycles. The molecular weight excluding hydrogens is 286 g/mol. The van der Waals surface area contributed by atoms with Crippen molar-refractivity contribution in [3.8, 4) is 0 Å². The minimum Gasteiger partial charge on any atom is -0.446 e. The molecule has 3 aliphatic rings. The first-order valence-corrected chi connectivity index (χ1v) is 8.32. The van der Waals surface area contributed by atoms with E-state index in [2.05, 4.69) is 5.32 Å². The van der Waals surface area contributed by atoms with Crippen LogP contribution in [0, 0.1) is 23.7 Å². The molecule has 1 amide bonds. The lowest BCUT2D eigenvalue weighted by Gasteiger charge is -2.31. The van der Waals surface area contributed by atoms with Crippen LogP contribution in [0.2, 0.25) is 5.02 Å². The van der Waals surface area contributed by atoms with Crippen LogP contribution in [0.25, 0.3) is 0 Å². The topological polar surface area (TPSA) is 38.3 Å². The SMILES string of the molecule is O=C(Nc1cccc(Cl)c1)O[C@H]1C[C@@H]2C[C@@H]1[C@@H]1CCC[C@@H]21. The zero-order valence-corrected chi connectivity index (χ0v) is 12.7. The Morgan fingerprint density at radius 2 is 2.05 bits per heavy atom. The second-order valence-corrected chi connectivity index (χ2v) is 7.17. The van der Waals surface area contributed by atoms with Crippen molar-refractivity contribution in [2.75, 3.05) is 5.32 Å². The molecule has 3 nitrogen and oxygen atoms in total. The fraction of sp³-hybridized carbons (Fsp3) is 0.588. The number of rotatable bonds is 2. The third-order valence-corrected chi connectivity index (χ3v) is 5.93. The Bertz CT molecular complexity index is 561. The molecule has 2 bridgehead atoms. The zero-order valence-electron chi connectivity index (χ0n) is 11.9. The molecular formula is C17H20ClNO2. The van der Waals surface area contributed by atoms with Gasteiger partial charge in [-0.25, -0.2) is 4.79 Å². The maximum absolute atomic E-state index is 12.1. The second kappa shape index (κ2) is 5.20. The van der Waals surface area contributed by atoms with Gasteiger partial charge in [0, 0.05) is 10.7 Å². The van der Waals surface area contributed by atoms with Crippen molar-refractivity contribution in [3.05, 3.63) is 29.3 Å². The van der Waals surface area contributed by atoms with Crippen LogP contribution in [0.5, 0.6) is 0 Å². The number of halogens is 1. The molecule has 112 valence electrons. The molecule has 0 saturated heterocycles. The zero-order chi connectivity index (χ0) is 14.4. The van der Waals surface area contributed by atoms with Gasteiger partial charge < -0.3 is 4.74 Å². The number of amides is 1. The van der Waals surface area contributed by atoms with Crippen LogP contribution in [-0.2, 0) is 4.74 Å². The Labute approximate surface area is 130 Å². The van der Waals surface area contributed by atoms with Gasteiger partial charge in [-0.15, -0.1) is 0 Å². The predicted molar refractivity (Wildman–Crippen MR) is 82.4 cm³/mol. The minimum atomic E-state index is -0.343. The van der Waals surface area contributed by atoms with Crippen molar-refractivity contribution in [2.45, 2.75) is 38.2 Å². The molecule has 4 heteroatoms. The van der Waals surface area contributed by atoms with Crippen LogP contribution in [0.4, 0.5) is 10.5 Å². The Morgan fingerprint density at radius 1 is 1.19 bits per heavy atom. The van der Waals surface area contributed by atoms with Gasteiger partial charge in [-0.2, -0.15) is 0 Å². The lowest BCUT2D eigenvalue weighted by molar-refractivity contribution is 0.0431. The van der Waals surface area contributed by atoms with E-state index in [9.17, 15) is 4.79 Å². The van der Waals surface area contributed by atoms with Crippen molar-refractivity contribution in [1.82, 2.24) is 0 Å². The van der Waals surface area contributed by atoms with E-state index in [4.69, 9.17) is 16.3 Å². The quantitative estimate of drug-likeness (QED) is 0.859. The summed E-state index contributed by atoms with van der Waals surface area (Å²) in [5.74, 6) is 3.14. The maximum Gasteiger partial charge on any atom is 0.411 e. The normalized spacial score (nSPS) is 36.5. The van der Waals surface area contributed by atoms with E-state index < -0.39 is 0 Å². The Hall–Kier alpha value is -1.22. The van der Waals surface area contributed by atoms with Crippen molar-refractivity contribution >= 4 is 23.4 Å². The summed E-state index contributed by atoms with van der Waals surface area (Å²) in [7, 11) is 0. The summed E-state index contributed by atoms with van der Waals surface area (Å²) < 4.78 is 5.70. The minimum absolute atomic E-state index is 0.119. The van der Waals surface area contributed by atoms with Crippen molar-refractivity contribution in [3.63, 3.8) is 0 Å². The van der Waals surface area contributed by atoms with Crippen molar-refractivity contribution in [1.29, 1.82) is 0 Å². The number of benzene rings is 1. The predicted octanol–water partition coefficient (Wildman–Crippen LogP) is 4.71. The van der Waals surface area contributed by atoms with Gasteiger partial charge in [-0.05, 0) is 67.6 Å². The highest BCUT2D eigenvalue weighted by Crippen LogP contribution is 2.59. The summed E-state index contributed by atoms with van der Waals surface area (Å²) in [6, 6.07) is 7.16. The number of nitrogens with one attached hydrogen (secondary N) is 1. The summed E-state index contributed by atoms with van der Waals surface area (Å²) in [5.41, 5.74) is 0.689.